The van der Waals surface area contributed by atoms with E-state index in [9.17, 15) is 4.79 Å². The maximum absolute atomic E-state index is 12.1. The molecule has 1 saturated heterocycles. The van der Waals surface area contributed by atoms with Gasteiger partial charge in [-0.05, 0) is 38.1 Å². The first kappa shape index (κ1) is 10.9. The smallest absolute Gasteiger partial charge is 0.225 e. The molecular formula is C12H22N2O. The van der Waals surface area contributed by atoms with Crippen molar-refractivity contribution < 1.29 is 4.79 Å². The average Bonchev–Trinajstić information content (AvgIpc) is 2.81. The van der Waals surface area contributed by atoms with Crippen molar-refractivity contribution in [2.45, 2.75) is 38.5 Å². The van der Waals surface area contributed by atoms with Crippen LogP contribution in [0.5, 0.6) is 0 Å². The average molecular weight is 210 g/mol. The van der Waals surface area contributed by atoms with Gasteiger partial charge in [0.1, 0.15) is 0 Å². The van der Waals surface area contributed by atoms with Gasteiger partial charge in [0.05, 0.1) is 0 Å². The first-order chi connectivity index (χ1) is 7.31. The highest BCUT2D eigenvalue weighted by Crippen LogP contribution is 2.28. The van der Waals surface area contributed by atoms with E-state index in [1.165, 1.54) is 19.3 Å². The Bertz CT molecular complexity index is 224. The van der Waals surface area contributed by atoms with Crippen LogP contribution in [0.4, 0.5) is 0 Å². The van der Waals surface area contributed by atoms with Gasteiger partial charge >= 0.3 is 0 Å². The van der Waals surface area contributed by atoms with Gasteiger partial charge in [-0.15, -0.1) is 0 Å². The highest BCUT2D eigenvalue weighted by atomic mass is 16.2. The fourth-order valence-electron chi connectivity index (χ4n) is 2.89. The topological polar surface area (TPSA) is 46.3 Å². The van der Waals surface area contributed by atoms with Gasteiger partial charge in [-0.3, -0.25) is 4.79 Å². The largest absolute Gasteiger partial charge is 0.342 e. The number of nitrogens with zero attached hydrogens (tertiary/aromatic N) is 1. The van der Waals surface area contributed by atoms with E-state index >= 15 is 0 Å². The third kappa shape index (κ3) is 2.51. The van der Waals surface area contributed by atoms with E-state index in [1.807, 2.05) is 0 Å². The van der Waals surface area contributed by atoms with E-state index in [2.05, 4.69) is 4.90 Å². The SMILES string of the molecule is NC[C@H]1CCCN(C(=O)C2CCCC2)C1. The number of likely N-dealkylation sites (tertiary alicyclic amines) is 1. The Hall–Kier alpha value is -0.570. The number of carbonyl (C=O) groups is 1. The van der Waals surface area contributed by atoms with Gasteiger partial charge in [-0.1, -0.05) is 12.8 Å². The zero-order valence-corrected chi connectivity index (χ0v) is 9.45. The standard InChI is InChI=1S/C12H22N2O/c13-8-10-4-3-7-14(9-10)12(15)11-5-1-2-6-11/h10-11H,1-9,13H2/t10-/m1/s1. The first-order valence-electron chi connectivity index (χ1n) is 6.30. The van der Waals surface area contributed by atoms with Crippen molar-refractivity contribution in [3.05, 3.63) is 0 Å². The Morgan fingerprint density at radius 3 is 2.60 bits per heavy atom. The molecule has 0 aromatic rings. The molecule has 0 spiro atoms. The number of hydrogen-bond donors (Lipinski definition) is 1. The lowest BCUT2D eigenvalue weighted by Gasteiger charge is -2.33. The summed E-state index contributed by atoms with van der Waals surface area (Å²) in [7, 11) is 0. The number of carbonyl (C=O) groups excluding carboxylic acids is 1. The molecule has 2 N–H and O–H groups in total. The molecule has 2 rings (SSSR count). The molecule has 86 valence electrons. The highest BCUT2D eigenvalue weighted by molar-refractivity contribution is 5.79. The van der Waals surface area contributed by atoms with E-state index in [-0.39, 0.29) is 0 Å². The predicted octanol–water partition coefficient (Wildman–Crippen LogP) is 1.37. The Morgan fingerprint density at radius 1 is 1.20 bits per heavy atom. The monoisotopic (exact) mass is 210 g/mol. The zero-order chi connectivity index (χ0) is 10.7. The number of nitrogens with two attached hydrogens (primary N) is 1. The minimum absolute atomic E-state index is 0.335. The molecule has 2 aliphatic rings. The van der Waals surface area contributed by atoms with Crippen molar-refractivity contribution in [1.82, 2.24) is 4.90 Å². The Morgan fingerprint density at radius 2 is 1.93 bits per heavy atom. The summed E-state index contributed by atoms with van der Waals surface area (Å²) in [5, 5.41) is 0. The Labute approximate surface area is 92.0 Å². The summed E-state index contributed by atoms with van der Waals surface area (Å²) in [6.07, 6.45) is 7.05. The lowest BCUT2D eigenvalue weighted by atomic mass is 9.96. The quantitative estimate of drug-likeness (QED) is 0.748. The van der Waals surface area contributed by atoms with Crippen LogP contribution in [-0.2, 0) is 4.79 Å². The molecule has 15 heavy (non-hydrogen) atoms. The summed E-state index contributed by atoms with van der Waals surface area (Å²) in [5.74, 6) is 1.29. The van der Waals surface area contributed by atoms with Gasteiger partial charge in [0.2, 0.25) is 5.91 Å². The van der Waals surface area contributed by atoms with Crippen molar-refractivity contribution in [3.8, 4) is 0 Å². The maximum Gasteiger partial charge on any atom is 0.225 e. The van der Waals surface area contributed by atoms with Gasteiger partial charge in [0.15, 0.2) is 0 Å². The molecular weight excluding hydrogens is 188 g/mol. The van der Waals surface area contributed by atoms with Gasteiger partial charge in [0.25, 0.3) is 0 Å². The Balaban J connectivity index is 1.88. The van der Waals surface area contributed by atoms with Gasteiger partial charge in [-0.25, -0.2) is 0 Å². The molecule has 1 aliphatic carbocycles. The third-order valence-corrected chi connectivity index (χ3v) is 3.87. The molecule has 2 fully saturated rings. The molecule has 0 aromatic carbocycles. The van der Waals surface area contributed by atoms with Gasteiger partial charge in [-0.2, -0.15) is 0 Å². The molecule has 0 radical (unpaired) electrons. The van der Waals surface area contributed by atoms with Crippen LogP contribution in [0.2, 0.25) is 0 Å². The minimum atomic E-state index is 0.335. The minimum Gasteiger partial charge on any atom is -0.342 e. The molecule has 0 bridgehead atoms. The summed E-state index contributed by atoms with van der Waals surface area (Å²) in [6.45, 7) is 2.60. The van der Waals surface area contributed by atoms with Crippen molar-refractivity contribution in [3.63, 3.8) is 0 Å². The van der Waals surface area contributed by atoms with Crippen molar-refractivity contribution in [1.29, 1.82) is 0 Å². The second-order valence-electron chi connectivity index (χ2n) is 5.01. The van der Waals surface area contributed by atoms with Crippen molar-refractivity contribution >= 4 is 5.91 Å². The summed E-state index contributed by atoms with van der Waals surface area (Å²) in [4.78, 5) is 14.2. The number of rotatable bonds is 2. The van der Waals surface area contributed by atoms with E-state index < -0.39 is 0 Å². The van der Waals surface area contributed by atoms with Crippen molar-refractivity contribution in [2.75, 3.05) is 19.6 Å². The second kappa shape index (κ2) is 4.97. The summed E-state index contributed by atoms with van der Waals surface area (Å²) in [6, 6.07) is 0. The number of hydrogen-bond acceptors (Lipinski definition) is 2. The third-order valence-electron chi connectivity index (χ3n) is 3.87. The fourth-order valence-corrected chi connectivity index (χ4v) is 2.89. The Kier molecular flexibility index (Phi) is 3.62. The van der Waals surface area contributed by atoms with Crippen LogP contribution >= 0.6 is 0 Å². The van der Waals surface area contributed by atoms with Crippen LogP contribution < -0.4 is 5.73 Å². The molecule has 0 unspecified atom stereocenters. The highest BCUT2D eigenvalue weighted by Gasteiger charge is 2.29. The number of amides is 1. The van der Waals surface area contributed by atoms with Crippen LogP contribution in [0, 0.1) is 11.8 Å². The molecule has 1 saturated carbocycles. The molecule has 1 heterocycles. The van der Waals surface area contributed by atoms with Crippen LogP contribution in [0.25, 0.3) is 0 Å². The molecule has 1 amide bonds. The molecule has 1 atom stereocenters. The summed E-state index contributed by atoms with van der Waals surface area (Å²) in [5.41, 5.74) is 5.68. The summed E-state index contributed by atoms with van der Waals surface area (Å²) >= 11 is 0. The molecule has 3 heteroatoms. The van der Waals surface area contributed by atoms with Crippen LogP contribution in [0.15, 0.2) is 0 Å². The van der Waals surface area contributed by atoms with E-state index in [0.29, 0.717) is 17.7 Å². The van der Waals surface area contributed by atoms with Gasteiger partial charge < -0.3 is 10.6 Å². The molecule has 1 aliphatic heterocycles. The van der Waals surface area contributed by atoms with Crippen LogP contribution in [0.1, 0.15) is 38.5 Å². The lowest BCUT2D eigenvalue weighted by Crippen LogP contribution is -2.44. The maximum atomic E-state index is 12.1. The first-order valence-corrected chi connectivity index (χ1v) is 6.30. The van der Waals surface area contributed by atoms with E-state index in [0.717, 1.165) is 38.9 Å². The number of piperidine rings is 1. The summed E-state index contributed by atoms with van der Waals surface area (Å²) < 4.78 is 0. The normalized spacial score (nSPS) is 28.3. The lowest BCUT2D eigenvalue weighted by molar-refractivity contribution is -0.137. The van der Waals surface area contributed by atoms with E-state index in [1.54, 1.807) is 0 Å². The zero-order valence-electron chi connectivity index (χ0n) is 9.45. The predicted molar refractivity (Wildman–Crippen MR) is 60.3 cm³/mol. The fraction of sp³-hybridized carbons (Fsp3) is 0.917. The molecule has 0 aromatic heterocycles. The van der Waals surface area contributed by atoms with Crippen LogP contribution in [-0.4, -0.2) is 30.4 Å². The van der Waals surface area contributed by atoms with Gasteiger partial charge in [0, 0.05) is 19.0 Å². The molecule has 3 nitrogen and oxygen atoms in total. The van der Waals surface area contributed by atoms with Crippen molar-refractivity contribution in [2.24, 2.45) is 17.6 Å². The van der Waals surface area contributed by atoms with Crippen LogP contribution in [0.3, 0.4) is 0 Å². The van der Waals surface area contributed by atoms with E-state index in [4.69, 9.17) is 5.73 Å². The second-order valence-corrected chi connectivity index (χ2v) is 5.01.